The monoisotopic (exact) mass is 299 g/mol. The smallest absolute Gasteiger partial charge is 0.348 e. The third kappa shape index (κ3) is 3.32. The lowest BCUT2D eigenvalue weighted by Crippen LogP contribution is -2.29. The second kappa shape index (κ2) is 6.47. The fourth-order valence-corrected chi connectivity index (χ4v) is 2.26. The third-order valence-corrected chi connectivity index (χ3v) is 3.33. The van der Waals surface area contributed by atoms with Gasteiger partial charge in [-0.25, -0.2) is 9.97 Å². The molecule has 2 rings (SSSR count). The number of nitrogens with one attached hydrogen (secondary N) is 1. The Morgan fingerprint density at radius 1 is 1.45 bits per heavy atom. The number of nitro groups is 1. The number of carbonyl (C=O) groups is 1. The molecular formula is C11H14ClN5O3. The van der Waals surface area contributed by atoms with Gasteiger partial charge in [-0.1, -0.05) is 11.6 Å². The highest BCUT2D eigenvalue weighted by Gasteiger charge is 2.22. The first kappa shape index (κ1) is 14.4. The number of aromatic nitrogens is 2. The maximum Gasteiger partial charge on any atom is 0.348 e. The quantitative estimate of drug-likeness (QED) is 0.502. The molecule has 20 heavy (non-hydrogen) atoms. The van der Waals surface area contributed by atoms with E-state index >= 15 is 0 Å². The highest BCUT2D eigenvalue weighted by atomic mass is 35.5. The number of likely N-dealkylation sites (tertiary alicyclic amines) is 1. The van der Waals surface area contributed by atoms with Crippen LogP contribution in [0.25, 0.3) is 0 Å². The Labute approximate surface area is 120 Å². The summed E-state index contributed by atoms with van der Waals surface area (Å²) in [5.41, 5.74) is -0.372. The first-order valence-electron chi connectivity index (χ1n) is 6.26. The van der Waals surface area contributed by atoms with E-state index in [1.807, 2.05) is 0 Å². The summed E-state index contributed by atoms with van der Waals surface area (Å²) < 4.78 is 0. The van der Waals surface area contributed by atoms with E-state index < -0.39 is 4.92 Å². The second-order valence-corrected chi connectivity index (χ2v) is 4.74. The van der Waals surface area contributed by atoms with E-state index in [2.05, 4.69) is 15.3 Å². The van der Waals surface area contributed by atoms with Gasteiger partial charge in [0.2, 0.25) is 16.9 Å². The predicted molar refractivity (Wildman–Crippen MR) is 72.6 cm³/mol. The van der Waals surface area contributed by atoms with Crippen LogP contribution in [0.4, 0.5) is 11.5 Å². The maximum atomic E-state index is 11.8. The Hall–Kier alpha value is -1.96. The summed E-state index contributed by atoms with van der Waals surface area (Å²) >= 11 is 5.66. The number of hydrogen-bond acceptors (Lipinski definition) is 6. The Morgan fingerprint density at radius 3 is 2.80 bits per heavy atom. The SMILES string of the molecule is O=C(CCNc1ncnc(Cl)c1[N+](=O)[O-])N1CCCC1. The van der Waals surface area contributed by atoms with Crippen LogP contribution in [0.2, 0.25) is 5.15 Å². The third-order valence-electron chi connectivity index (χ3n) is 3.05. The van der Waals surface area contributed by atoms with E-state index in [0.717, 1.165) is 32.3 Å². The van der Waals surface area contributed by atoms with E-state index in [9.17, 15) is 14.9 Å². The van der Waals surface area contributed by atoms with Gasteiger partial charge in [0, 0.05) is 26.1 Å². The Balaban J connectivity index is 1.92. The van der Waals surface area contributed by atoms with Gasteiger partial charge in [-0.3, -0.25) is 14.9 Å². The summed E-state index contributed by atoms with van der Waals surface area (Å²) in [6, 6.07) is 0. The molecule has 108 valence electrons. The first-order valence-corrected chi connectivity index (χ1v) is 6.64. The minimum Gasteiger partial charge on any atom is -0.364 e. The lowest BCUT2D eigenvalue weighted by molar-refractivity contribution is -0.384. The molecule has 9 heteroatoms. The maximum absolute atomic E-state index is 11.8. The fraction of sp³-hybridized carbons (Fsp3) is 0.545. The van der Waals surface area contributed by atoms with Crippen LogP contribution in [0.1, 0.15) is 19.3 Å². The molecule has 0 radical (unpaired) electrons. The Morgan fingerprint density at radius 2 is 2.15 bits per heavy atom. The molecule has 0 spiro atoms. The highest BCUT2D eigenvalue weighted by molar-refractivity contribution is 6.31. The molecular weight excluding hydrogens is 286 g/mol. The summed E-state index contributed by atoms with van der Waals surface area (Å²) in [7, 11) is 0. The number of carbonyl (C=O) groups excluding carboxylic acids is 1. The zero-order valence-electron chi connectivity index (χ0n) is 10.7. The van der Waals surface area contributed by atoms with Crippen LogP contribution < -0.4 is 5.32 Å². The number of halogens is 1. The van der Waals surface area contributed by atoms with E-state index in [-0.39, 0.29) is 35.5 Å². The molecule has 1 aliphatic heterocycles. The molecule has 1 amide bonds. The van der Waals surface area contributed by atoms with Crippen molar-refractivity contribution >= 4 is 29.0 Å². The van der Waals surface area contributed by atoms with E-state index in [4.69, 9.17) is 11.6 Å². The Bertz CT molecular complexity index is 519. The van der Waals surface area contributed by atoms with Crippen molar-refractivity contribution in [3.05, 3.63) is 21.6 Å². The molecule has 2 heterocycles. The van der Waals surface area contributed by atoms with Gasteiger partial charge in [-0.05, 0) is 12.8 Å². The number of nitrogens with zero attached hydrogens (tertiary/aromatic N) is 4. The molecule has 0 saturated carbocycles. The van der Waals surface area contributed by atoms with Crippen molar-refractivity contribution in [2.75, 3.05) is 25.0 Å². The van der Waals surface area contributed by atoms with Crippen molar-refractivity contribution in [3.8, 4) is 0 Å². The molecule has 0 bridgehead atoms. The minimum absolute atomic E-state index is 0.0317. The summed E-state index contributed by atoms with van der Waals surface area (Å²) in [6.07, 6.45) is 3.47. The van der Waals surface area contributed by atoms with Gasteiger partial charge in [-0.15, -0.1) is 0 Å². The number of anilines is 1. The van der Waals surface area contributed by atoms with Gasteiger partial charge in [-0.2, -0.15) is 0 Å². The normalized spacial score (nSPS) is 14.3. The van der Waals surface area contributed by atoms with Crippen molar-refractivity contribution in [3.63, 3.8) is 0 Å². The van der Waals surface area contributed by atoms with Crippen molar-refractivity contribution in [1.29, 1.82) is 0 Å². The topological polar surface area (TPSA) is 101 Å². The van der Waals surface area contributed by atoms with Crippen molar-refractivity contribution in [2.45, 2.75) is 19.3 Å². The average molecular weight is 300 g/mol. The molecule has 0 unspecified atom stereocenters. The number of amides is 1. The number of rotatable bonds is 5. The number of hydrogen-bond donors (Lipinski definition) is 1. The van der Waals surface area contributed by atoms with Crippen LogP contribution in [0, 0.1) is 10.1 Å². The summed E-state index contributed by atoms with van der Waals surface area (Å²) in [5, 5.41) is 13.4. The van der Waals surface area contributed by atoms with E-state index in [1.165, 1.54) is 0 Å². The largest absolute Gasteiger partial charge is 0.364 e. The van der Waals surface area contributed by atoms with E-state index in [0.29, 0.717) is 0 Å². The van der Waals surface area contributed by atoms with Gasteiger partial charge in [0.05, 0.1) is 4.92 Å². The standard InChI is InChI=1S/C11H14ClN5O3/c12-10-9(17(19)20)11(15-7-14-10)13-4-3-8(18)16-5-1-2-6-16/h7H,1-6H2,(H,13,14,15). The molecule has 0 atom stereocenters. The van der Waals surface area contributed by atoms with Gasteiger partial charge in [0.25, 0.3) is 0 Å². The van der Waals surface area contributed by atoms with Gasteiger partial charge in [0.1, 0.15) is 6.33 Å². The van der Waals surface area contributed by atoms with Crippen molar-refractivity contribution < 1.29 is 9.72 Å². The van der Waals surface area contributed by atoms with Gasteiger partial charge < -0.3 is 10.2 Å². The molecule has 0 aliphatic carbocycles. The van der Waals surface area contributed by atoms with Crippen molar-refractivity contribution in [1.82, 2.24) is 14.9 Å². The van der Waals surface area contributed by atoms with E-state index in [1.54, 1.807) is 4.90 Å². The first-order chi connectivity index (χ1) is 9.59. The van der Waals surface area contributed by atoms with Crippen LogP contribution >= 0.6 is 11.6 Å². The summed E-state index contributed by atoms with van der Waals surface area (Å²) in [4.78, 5) is 31.2. The zero-order chi connectivity index (χ0) is 14.5. The lowest BCUT2D eigenvalue weighted by Gasteiger charge is -2.15. The lowest BCUT2D eigenvalue weighted by atomic mass is 10.3. The summed E-state index contributed by atoms with van der Waals surface area (Å²) in [5.74, 6) is 0.0713. The molecule has 0 aromatic carbocycles. The molecule has 8 nitrogen and oxygen atoms in total. The van der Waals surface area contributed by atoms with Gasteiger partial charge >= 0.3 is 5.69 Å². The molecule has 1 aliphatic rings. The van der Waals surface area contributed by atoms with Crippen LogP contribution in [0.15, 0.2) is 6.33 Å². The molecule has 1 aromatic rings. The van der Waals surface area contributed by atoms with Crippen LogP contribution in [0.3, 0.4) is 0 Å². The summed E-state index contributed by atoms with van der Waals surface area (Å²) in [6.45, 7) is 1.85. The molecule has 1 aromatic heterocycles. The van der Waals surface area contributed by atoms with Crippen molar-refractivity contribution in [2.24, 2.45) is 0 Å². The molecule has 1 saturated heterocycles. The van der Waals surface area contributed by atoms with Crippen LogP contribution in [0.5, 0.6) is 0 Å². The van der Waals surface area contributed by atoms with Crippen LogP contribution in [-0.4, -0.2) is 45.3 Å². The molecule has 1 fully saturated rings. The zero-order valence-corrected chi connectivity index (χ0v) is 11.5. The van der Waals surface area contributed by atoms with Crippen LogP contribution in [-0.2, 0) is 4.79 Å². The predicted octanol–water partition coefficient (Wildman–Crippen LogP) is 1.46. The highest BCUT2D eigenvalue weighted by Crippen LogP contribution is 2.28. The van der Waals surface area contributed by atoms with Gasteiger partial charge in [0.15, 0.2) is 0 Å². The minimum atomic E-state index is -0.646. The average Bonchev–Trinajstić information content (AvgIpc) is 2.92. The Kier molecular flexibility index (Phi) is 4.67. The molecule has 1 N–H and O–H groups in total. The fourth-order valence-electron chi connectivity index (χ4n) is 2.06. The second-order valence-electron chi connectivity index (χ2n) is 4.38.